The highest BCUT2D eigenvalue weighted by atomic mass is 32.1. The highest BCUT2D eigenvalue weighted by Crippen LogP contribution is 2.40. The van der Waals surface area contributed by atoms with Crippen molar-refractivity contribution in [2.45, 2.75) is 83.1 Å². The van der Waals surface area contributed by atoms with E-state index in [1.165, 1.54) is 19.4 Å². The molecule has 234 valence electrons. The lowest BCUT2D eigenvalue weighted by molar-refractivity contribution is -0.140. The SMILES string of the molecule is Cc1c(-c2ncco2)sc2c1c(=O)n([C@@H](C)C(=O)O)c(=O)n2C[C@H](O[C@@H]1C[C@H]2CC[C@@H](C1)O2)c1cc(F)ccc1OC(F)F. The first-order valence-corrected chi connectivity index (χ1v) is 14.8. The van der Waals surface area contributed by atoms with Crippen molar-refractivity contribution in [2.75, 3.05) is 0 Å². The van der Waals surface area contributed by atoms with Crippen molar-refractivity contribution < 1.29 is 41.7 Å². The van der Waals surface area contributed by atoms with Crippen LogP contribution in [0.15, 0.2) is 44.7 Å². The molecule has 0 radical (unpaired) electrons. The summed E-state index contributed by atoms with van der Waals surface area (Å²) in [7, 11) is 0. The zero-order valence-corrected chi connectivity index (χ0v) is 24.4. The van der Waals surface area contributed by atoms with Crippen molar-refractivity contribution in [2.24, 2.45) is 0 Å². The van der Waals surface area contributed by atoms with Crippen LogP contribution < -0.4 is 16.0 Å². The standard InChI is InChI=1S/C29H28F3N3O8S/c1-13-22-25(36)35(14(2)27(37)38)29(39)34(26(22)44-23(13)24-33-7-8-40-24)12-21(42-18-10-16-4-5-17(11-18)41-16)19-9-15(30)3-6-20(19)43-28(31)32/h3,6-9,14,16-18,21,28H,4-5,10-12H2,1-2H3,(H,37,38)/t14-,16-,17+,18-,21-/m0/s1. The van der Waals surface area contributed by atoms with Crippen LogP contribution in [0.3, 0.4) is 0 Å². The third-order valence-electron chi connectivity index (χ3n) is 8.10. The topological polar surface area (TPSA) is 135 Å². The second-order valence-electron chi connectivity index (χ2n) is 10.9. The van der Waals surface area contributed by atoms with Gasteiger partial charge in [0.05, 0.1) is 41.3 Å². The summed E-state index contributed by atoms with van der Waals surface area (Å²) in [6.07, 6.45) is 3.68. The molecule has 5 atom stereocenters. The number of halogens is 3. The Bertz CT molecular complexity index is 1810. The van der Waals surface area contributed by atoms with Gasteiger partial charge in [-0.25, -0.2) is 23.5 Å². The average Bonchev–Trinajstić information content (AvgIpc) is 3.70. The summed E-state index contributed by atoms with van der Waals surface area (Å²) in [4.78, 5) is 44.4. The molecule has 0 aliphatic carbocycles. The maximum absolute atomic E-state index is 14.6. The van der Waals surface area contributed by atoms with Crippen LogP contribution in [0, 0.1) is 12.7 Å². The Kier molecular flexibility index (Phi) is 8.11. The fraction of sp³-hybridized carbons (Fsp3) is 0.448. The van der Waals surface area contributed by atoms with Crippen molar-refractivity contribution in [3.63, 3.8) is 0 Å². The number of carboxylic acids is 1. The second kappa shape index (κ2) is 11.9. The van der Waals surface area contributed by atoms with Crippen molar-refractivity contribution in [1.29, 1.82) is 0 Å². The van der Waals surface area contributed by atoms with Crippen LogP contribution in [0.1, 0.15) is 55.9 Å². The van der Waals surface area contributed by atoms with Crippen molar-refractivity contribution in [1.82, 2.24) is 14.1 Å². The maximum atomic E-state index is 14.6. The van der Waals surface area contributed by atoms with Gasteiger partial charge in [-0.15, -0.1) is 11.3 Å². The molecule has 5 heterocycles. The van der Waals surface area contributed by atoms with Crippen LogP contribution in [-0.2, 0) is 20.8 Å². The number of benzene rings is 1. The number of fused-ring (bicyclic) bond motifs is 3. The molecule has 2 aliphatic rings. The molecule has 6 rings (SSSR count). The molecule has 2 fully saturated rings. The average molecular weight is 636 g/mol. The number of carboxylic acid groups (broad SMARTS) is 1. The van der Waals surface area contributed by atoms with E-state index in [0.717, 1.165) is 46.9 Å². The van der Waals surface area contributed by atoms with E-state index in [-0.39, 0.29) is 46.2 Å². The van der Waals surface area contributed by atoms with Crippen molar-refractivity contribution in [3.8, 4) is 16.5 Å². The number of hydrogen-bond acceptors (Lipinski definition) is 9. The molecule has 44 heavy (non-hydrogen) atoms. The summed E-state index contributed by atoms with van der Waals surface area (Å²) in [6.45, 7) is -0.792. The number of ether oxygens (including phenoxy) is 3. The number of aromatic nitrogens is 3. The molecule has 0 amide bonds. The number of aryl methyl sites for hydroxylation is 1. The molecule has 3 aromatic heterocycles. The van der Waals surface area contributed by atoms with Gasteiger partial charge in [0.1, 0.15) is 34.8 Å². The van der Waals surface area contributed by atoms with Gasteiger partial charge < -0.3 is 23.7 Å². The van der Waals surface area contributed by atoms with E-state index in [0.29, 0.717) is 27.8 Å². The predicted octanol–water partition coefficient (Wildman–Crippen LogP) is 5.04. The lowest BCUT2D eigenvalue weighted by atomic mass is 10.0. The molecule has 0 saturated carbocycles. The Morgan fingerprint density at radius 1 is 1.23 bits per heavy atom. The lowest BCUT2D eigenvalue weighted by Crippen LogP contribution is -2.44. The number of carbonyl (C=O) groups is 1. The zero-order chi connectivity index (χ0) is 31.3. The number of oxazole rings is 1. The second-order valence-corrected chi connectivity index (χ2v) is 11.9. The van der Waals surface area contributed by atoms with Gasteiger partial charge in [0.25, 0.3) is 5.56 Å². The quantitative estimate of drug-likeness (QED) is 0.254. The number of hydrogen-bond donors (Lipinski definition) is 1. The number of thiophene rings is 1. The summed E-state index contributed by atoms with van der Waals surface area (Å²) in [5, 5.41) is 9.82. The van der Waals surface area contributed by atoms with Gasteiger partial charge >= 0.3 is 18.3 Å². The van der Waals surface area contributed by atoms with E-state index in [9.17, 15) is 32.7 Å². The fourth-order valence-electron chi connectivity index (χ4n) is 6.02. The zero-order valence-electron chi connectivity index (χ0n) is 23.6. The van der Waals surface area contributed by atoms with Crippen LogP contribution in [0.2, 0.25) is 0 Å². The molecule has 1 aromatic carbocycles. The Labute approximate surface area is 251 Å². The minimum absolute atomic E-state index is 0.0558. The largest absolute Gasteiger partial charge is 0.480 e. The molecular weight excluding hydrogens is 607 g/mol. The van der Waals surface area contributed by atoms with E-state index < -0.39 is 47.9 Å². The lowest BCUT2D eigenvalue weighted by Gasteiger charge is -2.32. The molecule has 4 aromatic rings. The first-order chi connectivity index (χ1) is 21.0. The highest BCUT2D eigenvalue weighted by molar-refractivity contribution is 7.22. The summed E-state index contributed by atoms with van der Waals surface area (Å²) in [6, 6.07) is 1.49. The smallest absolute Gasteiger partial charge is 0.387 e. The number of rotatable bonds is 10. The highest BCUT2D eigenvalue weighted by Gasteiger charge is 2.38. The van der Waals surface area contributed by atoms with E-state index in [2.05, 4.69) is 4.98 Å². The van der Waals surface area contributed by atoms with Gasteiger partial charge in [-0.1, -0.05) is 0 Å². The minimum Gasteiger partial charge on any atom is -0.480 e. The Hall–Kier alpha value is -3.95. The minimum atomic E-state index is -3.23. The molecule has 2 aliphatic heterocycles. The first-order valence-electron chi connectivity index (χ1n) is 14.0. The Balaban J connectivity index is 1.55. The summed E-state index contributed by atoms with van der Waals surface area (Å²) < 4.78 is 65.9. The van der Waals surface area contributed by atoms with Crippen LogP contribution in [0.4, 0.5) is 13.2 Å². The van der Waals surface area contributed by atoms with E-state index in [1.807, 2.05) is 0 Å². The molecule has 15 heteroatoms. The Morgan fingerprint density at radius 3 is 2.59 bits per heavy atom. The number of nitrogens with zero attached hydrogens (tertiary/aromatic N) is 3. The van der Waals surface area contributed by atoms with Crippen molar-refractivity contribution >= 4 is 27.5 Å². The van der Waals surface area contributed by atoms with E-state index in [1.54, 1.807) is 6.92 Å². The van der Waals surface area contributed by atoms with Crippen LogP contribution in [-0.4, -0.2) is 50.1 Å². The number of aliphatic carboxylic acids is 1. The van der Waals surface area contributed by atoms with Gasteiger partial charge in [-0.3, -0.25) is 9.36 Å². The molecule has 2 saturated heterocycles. The molecule has 0 spiro atoms. The monoisotopic (exact) mass is 635 g/mol. The van der Waals surface area contributed by atoms with Gasteiger partial charge in [-0.2, -0.15) is 8.78 Å². The van der Waals surface area contributed by atoms with Gasteiger partial charge in [0.2, 0.25) is 5.89 Å². The third-order valence-corrected chi connectivity index (χ3v) is 9.40. The summed E-state index contributed by atoms with van der Waals surface area (Å²) in [5.74, 6) is -2.33. The third kappa shape index (κ3) is 5.55. The summed E-state index contributed by atoms with van der Waals surface area (Å²) in [5.41, 5.74) is -1.46. The molecule has 11 nitrogen and oxygen atoms in total. The molecular formula is C29H28F3N3O8S. The maximum Gasteiger partial charge on any atom is 0.387 e. The fourth-order valence-corrected chi connectivity index (χ4v) is 7.27. The van der Waals surface area contributed by atoms with Crippen molar-refractivity contribution in [3.05, 3.63) is 68.4 Å². The summed E-state index contributed by atoms with van der Waals surface area (Å²) >= 11 is 1.02. The van der Waals surface area contributed by atoms with Crippen LogP contribution in [0.25, 0.3) is 21.0 Å². The molecule has 0 unspecified atom stereocenters. The van der Waals surface area contributed by atoms with Gasteiger partial charge in [-0.05, 0) is 63.3 Å². The Morgan fingerprint density at radius 2 is 1.95 bits per heavy atom. The van der Waals surface area contributed by atoms with E-state index >= 15 is 0 Å². The normalized spacial score (nSPS) is 21.2. The molecule has 1 N–H and O–H groups in total. The van der Waals surface area contributed by atoms with Crippen LogP contribution >= 0.6 is 11.3 Å². The predicted molar refractivity (Wildman–Crippen MR) is 151 cm³/mol. The molecule has 2 bridgehead atoms. The first kappa shape index (κ1) is 30.1. The van der Waals surface area contributed by atoms with Crippen LogP contribution in [0.5, 0.6) is 5.75 Å². The van der Waals surface area contributed by atoms with E-state index in [4.69, 9.17) is 18.6 Å². The van der Waals surface area contributed by atoms with Gasteiger partial charge in [0.15, 0.2) is 0 Å². The number of alkyl halides is 2. The van der Waals surface area contributed by atoms with Gasteiger partial charge in [0, 0.05) is 5.56 Å².